The van der Waals surface area contributed by atoms with Crippen LogP contribution in [0.3, 0.4) is 0 Å². The lowest BCUT2D eigenvalue weighted by Crippen LogP contribution is -2.19. The zero-order valence-electron chi connectivity index (χ0n) is 13.0. The summed E-state index contributed by atoms with van der Waals surface area (Å²) in [7, 11) is 4.05. The van der Waals surface area contributed by atoms with E-state index >= 15 is 0 Å². The van der Waals surface area contributed by atoms with E-state index in [0.717, 1.165) is 29.0 Å². The van der Waals surface area contributed by atoms with Gasteiger partial charge < -0.3 is 14.7 Å². The molecular formula is C19H21NO2. The number of ether oxygens (including phenoxy) is 1. The molecule has 0 aliphatic rings. The summed E-state index contributed by atoms with van der Waals surface area (Å²) < 4.78 is 5.65. The number of hydrogen-bond donors (Lipinski definition) is 1. The Bertz CT molecular complexity index is 634. The van der Waals surface area contributed by atoms with E-state index in [9.17, 15) is 0 Å². The molecule has 0 saturated carbocycles. The lowest BCUT2D eigenvalue weighted by atomic mass is 10.1. The molecule has 3 heteroatoms. The van der Waals surface area contributed by atoms with Crippen LogP contribution in [0.4, 0.5) is 0 Å². The number of aliphatic hydroxyl groups excluding tert-OH is 1. The van der Waals surface area contributed by atoms with Crippen molar-refractivity contribution in [3.63, 3.8) is 0 Å². The Kier molecular flexibility index (Phi) is 6.02. The van der Waals surface area contributed by atoms with Gasteiger partial charge in [-0.05, 0) is 56.1 Å². The van der Waals surface area contributed by atoms with E-state index < -0.39 is 0 Å². The van der Waals surface area contributed by atoms with Gasteiger partial charge in [0, 0.05) is 17.7 Å². The van der Waals surface area contributed by atoms with Crippen LogP contribution in [-0.2, 0) is 6.61 Å². The van der Waals surface area contributed by atoms with E-state index in [1.54, 1.807) is 0 Å². The number of hydrogen-bond acceptors (Lipinski definition) is 3. The summed E-state index contributed by atoms with van der Waals surface area (Å²) in [5.74, 6) is 7.10. The summed E-state index contributed by atoms with van der Waals surface area (Å²) in [5, 5.41) is 9.00. The normalized spacial score (nSPS) is 10.2. The van der Waals surface area contributed by atoms with Gasteiger partial charge in [-0.15, -0.1) is 0 Å². The molecule has 0 radical (unpaired) electrons. The lowest BCUT2D eigenvalue weighted by molar-refractivity contribution is 0.261. The smallest absolute Gasteiger partial charge is 0.119 e. The highest BCUT2D eigenvalue weighted by Gasteiger charge is 1.95. The van der Waals surface area contributed by atoms with Gasteiger partial charge in [0.05, 0.1) is 6.61 Å². The monoisotopic (exact) mass is 295 g/mol. The number of nitrogens with zero attached hydrogens (tertiary/aromatic N) is 1. The minimum absolute atomic E-state index is 0.0585. The van der Waals surface area contributed by atoms with Crippen molar-refractivity contribution in [2.24, 2.45) is 0 Å². The van der Waals surface area contributed by atoms with E-state index in [1.807, 2.05) is 62.6 Å². The fourth-order valence-electron chi connectivity index (χ4n) is 1.82. The van der Waals surface area contributed by atoms with Crippen LogP contribution in [0.1, 0.15) is 16.7 Å². The summed E-state index contributed by atoms with van der Waals surface area (Å²) in [6.45, 7) is 1.63. The van der Waals surface area contributed by atoms with Crippen LogP contribution < -0.4 is 4.74 Å². The van der Waals surface area contributed by atoms with Crippen molar-refractivity contribution >= 4 is 0 Å². The average molecular weight is 295 g/mol. The molecule has 0 aromatic heterocycles. The fraction of sp³-hybridized carbons (Fsp3) is 0.263. The highest BCUT2D eigenvalue weighted by Crippen LogP contribution is 2.11. The van der Waals surface area contributed by atoms with Crippen molar-refractivity contribution in [1.82, 2.24) is 4.90 Å². The zero-order chi connectivity index (χ0) is 15.8. The first-order valence-corrected chi connectivity index (χ1v) is 7.27. The molecule has 1 N–H and O–H groups in total. The highest BCUT2D eigenvalue weighted by atomic mass is 16.5. The Balaban J connectivity index is 1.94. The van der Waals surface area contributed by atoms with Crippen LogP contribution in [0.2, 0.25) is 0 Å². The second kappa shape index (κ2) is 8.23. The SMILES string of the molecule is CN(C)CCOc1ccc(C#Cc2ccc(CO)cc2)cc1. The van der Waals surface area contributed by atoms with Crippen molar-refractivity contribution in [3.8, 4) is 17.6 Å². The largest absolute Gasteiger partial charge is 0.492 e. The molecule has 3 nitrogen and oxygen atoms in total. The minimum Gasteiger partial charge on any atom is -0.492 e. The summed E-state index contributed by atoms with van der Waals surface area (Å²) >= 11 is 0. The van der Waals surface area contributed by atoms with Crippen LogP contribution in [0.25, 0.3) is 0 Å². The molecule has 22 heavy (non-hydrogen) atoms. The van der Waals surface area contributed by atoms with Crippen molar-refractivity contribution in [3.05, 3.63) is 65.2 Å². The zero-order valence-corrected chi connectivity index (χ0v) is 13.0. The fourth-order valence-corrected chi connectivity index (χ4v) is 1.82. The lowest BCUT2D eigenvalue weighted by Gasteiger charge is -2.10. The van der Waals surface area contributed by atoms with E-state index in [1.165, 1.54) is 0 Å². The van der Waals surface area contributed by atoms with Gasteiger partial charge in [0.15, 0.2) is 0 Å². The number of aliphatic hydroxyl groups is 1. The van der Waals surface area contributed by atoms with Gasteiger partial charge in [-0.25, -0.2) is 0 Å². The molecule has 0 saturated heterocycles. The molecule has 0 aliphatic carbocycles. The number of rotatable bonds is 5. The predicted octanol–water partition coefficient (Wildman–Crippen LogP) is 2.52. The van der Waals surface area contributed by atoms with Gasteiger partial charge in [0.25, 0.3) is 0 Å². The predicted molar refractivity (Wildman–Crippen MR) is 88.8 cm³/mol. The number of benzene rings is 2. The third-order valence-electron chi connectivity index (χ3n) is 3.15. The summed E-state index contributed by atoms with van der Waals surface area (Å²) in [6, 6.07) is 15.4. The second-order valence-electron chi connectivity index (χ2n) is 5.28. The first-order chi connectivity index (χ1) is 10.7. The van der Waals surface area contributed by atoms with Crippen LogP contribution in [0.5, 0.6) is 5.75 Å². The highest BCUT2D eigenvalue weighted by molar-refractivity contribution is 5.44. The van der Waals surface area contributed by atoms with Crippen LogP contribution in [0.15, 0.2) is 48.5 Å². The topological polar surface area (TPSA) is 32.7 Å². The first-order valence-electron chi connectivity index (χ1n) is 7.27. The average Bonchev–Trinajstić information content (AvgIpc) is 2.54. The Hall–Kier alpha value is -2.28. The molecule has 0 aliphatic heterocycles. The molecular weight excluding hydrogens is 274 g/mol. The van der Waals surface area contributed by atoms with Crippen molar-refractivity contribution in [2.45, 2.75) is 6.61 Å². The molecule has 2 aromatic carbocycles. The van der Waals surface area contributed by atoms with E-state index in [0.29, 0.717) is 6.61 Å². The molecule has 114 valence electrons. The first kappa shape index (κ1) is 16.1. The third kappa shape index (κ3) is 5.25. The third-order valence-corrected chi connectivity index (χ3v) is 3.15. The second-order valence-corrected chi connectivity index (χ2v) is 5.28. The standard InChI is InChI=1S/C19H21NO2/c1-20(2)13-14-22-19-11-9-17(10-12-19)4-3-16-5-7-18(15-21)8-6-16/h5-12,21H,13-15H2,1-2H3. The van der Waals surface area contributed by atoms with Crippen LogP contribution in [-0.4, -0.2) is 37.3 Å². The molecule has 0 atom stereocenters. The van der Waals surface area contributed by atoms with Gasteiger partial charge in [-0.2, -0.15) is 0 Å². The maximum absolute atomic E-state index is 9.00. The van der Waals surface area contributed by atoms with E-state index in [-0.39, 0.29) is 6.61 Å². The quantitative estimate of drug-likeness (QED) is 0.860. The Morgan fingerprint density at radius 3 is 1.95 bits per heavy atom. The molecule has 2 rings (SSSR count). The molecule has 0 amide bonds. The molecule has 0 heterocycles. The number of likely N-dealkylation sites (N-methyl/N-ethyl adjacent to an activating group) is 1. The Morgan fingerprint density at radius 2 is 1.45 bits per heavy atom. The van der Waals surface area contributed by atoms with Gasteiger partial charge in [-0.3, -0.25) is 0 Å². The van der Waals surface area contributed by atoms with Crippen molar-refractivity contribution in [1.29, 1.82) is 0 Å². The van der Waals surface area contributed by atoms with Crippen LogP contribution >= 0.6 is 0 Å². The maximum atomic E-state index is 9.00. The van der Waals surface area contributed by atoms with Gasteiger partial charge in [-0.1, -0.05) is 24.0 Å². The van der Waals surface area contributed by atoms with Gasteiger partial charge in [0.2, 0.25) is 0 Å². The minimum atomic E-state index is 0.0585. The molecule has 0 bridgehead atoms. The van der Waals surface area contributed by atoms with Crippen LogP contribution in [0, 0.1) is 11.8 Å². The van der Waals surface area contributed by atoms with Crippen molar-refractivity contribution < 1.29 is 9.84 Å². The summed E-state index contributed by atoms with van der Waals surface area (Å²) in [4.78, 5) is 2.09. The molecule has 0 fully saturated rings. The van der Waals surface area contributed by atoms with E-state index in [4.69, 9.17) is 9.84 Å². The molecule has 0 unspecified atom stereocenters. The summed E-state index contributed by atoms with van der Waals surface area (Å²) in [6.07, 6.45) is 0. The van der Waals surface area contributed by atoms with Gasteiger partial charge in [0.1, 0.15) is 12.4 Å². The van der Waals surface area contributed by atoms with Gasteiger partial charge >= 0.3 is 0 Å². The summed E-state index contributed by atoms with van der Waals surface area (Å²) in [5.41, 5.74) is 2.78. The molecule has 0 spiro atoms. The Morgan fingerprint density at radius 1 is 0.909 bits per heavy atom. The maximum Gasteiger partial charge on any atom is 0.119 e. The Labute approximate surface area is 132 Å². The molecule has 2 aromatic rings. The van der Waals surface area contributed by atoms with Crippen molar-refractivity contribution in [2.75, 3.05) is 27.2 Å². The van der Waals surface area contributed by atoms with E-state index in [2.05, 4.69) is 16.7 Å².